The van der Waals surface area contributed by atoms with Gasteiger partial charge in [0.25, 0.3) is 0 Å². The average molecular weight is 376 g/mol. The van der Waals surface area contributed by atoms with E-state index in [2.05, 4.69) is 6.08 Å². The summed E-state index contributed by atoms with van der Waals surface area (Å²) < 4.78 is 67.9. The maximum Gasteiger partial charge on any atom is 0.456 e. The van der Waals surface area contributed by atoms with Gasteiger partial charge in [-0.1, -0.05) is 18.6 Å². The Morgan fingerprint density at radius 2 is 1.77 bits per heavy atom. The third kappa shape index (κ3) is 2.17. The van der Waals surface area contributed by atoms with Gasteiger partial charge in [0.2, 0.25) is 0 Å². The minimum absolute atomic E-state index is 0.0389. The summed E-state index contributed by atoms with van der Waals surface area (Å²) in [7, 11) is 0. The number of aliphatic hydroxyl groups is 1. The van der Waals surface area contributed by atoms with E-state index in [1.54, 1.807) is 0 Å². The van der Waals surface area contributed by atoms with E-state index in [-0.39, 0.29) is 24.7 Å². The summed E-state index contributed by atoms with van der Waals surface area (Å²) in [5.74, 6) is -5.35. The molecule has 0 radical (unpaired) electrons. The van der Waals surface area contributed by atoms with Crippen molar-refractivity contribution in [2.75, 3.05) is 0 Å². The molecule has 0 bridgehead atoms. The second-order valence-corrected chi connectivity index (χ2v) is 8.77. The predicted octanol–water partition coefficient (Wildman–Crippen LogP) is 5.94. The number of hydrogen-bond donors (Lipinski definition) is 1. The Kier molecular flexibility index (Phi) is 3.94. The molecule has 4 atom stereocenters. The molecule has 1 N–H and O–H groups in total. The Labute approximate surface area is 150 Å². The van der Waals surface area contributed by atoms with Crippen molar-refractivity contribution in [3.63, 3.8) is 0 Å². The van der Waals surface area contributed by atoms with Crippen molar-refractivity contribution in [1.82, 2.24) is 0 Å². The summed E-state index contributed by atoms with van der Waals surface area (Å²) in [5, 5.41) is 10.7. The molecule has 1 unspecified atom stereocenters. The standard InChI is InChI=1S/C20H25F5O/c1-17-10-8-14-13-5-3-2-4-12(13)6-7-15(14)16(17)9-11-18(17,26)19(21,22)20(23,24)25/h4,15-16,26H,2-3,5-11H2,1H3/t15-,16+,17+,18?/m1/s1. The first-order chi connectivity index (χ1) is 12.0. The number of halogens is 5. The molecule has 0 amide bonds. The Bertz CT molecular complexity index is 676. The lowest BCUT2D eigenvalue weighted by Crippen LogP contribution is -2.64. The van der Waals surface area contributed by atoms with Gasteiger partial charge in [0.15, 0.2) is 0 Å². The highest BCUT2D eigenvalue weighted by Gasteiger charge is 2.78. The fourth-order valence-corrected chi connectivity index (χ4v) is 6.41. The minimum Gasteiger partial charge on any atom is -0.383 e. The van der Waals surface area contributed by atoms with Gasteiger partial charge in [0, 0.05) is 5.41 Å². The largest absolute Gasteiger partial charge is 0.456 e. The fraction of sp³-hybridized carbons (Fsp3) is 0.800. The smallest absolute Gasteiger partial charge is 0.383 e. The molecule has 1 nitrogen and oxygen atoms in total. The van der Waals surface area contributed by atoms with Crippen LogP contribution in [0.3, 0.4) is 0 Å². The Morgan fingerprint density at radius 1 is 1.04 bits per heavy atom. The molecule has 2 fully saturated rings. The van der Waals surface area contributed by atoms with E-state index in [4.69, 9.17) is 0 Å². The predicted molar refractivity (Wildman–Crippen MR) is 87.7 cm³/mol. The first-order valence-electron chi connectivity index (χ1n) is 9.61. The molecule has 0 heterocycles. The van der Waals surface area contributed by atoms with Crippen LogP contribution in [0.4, 0.5) is 22.0 Å². The van der Waals surface area contributed by atoms with Crippen LogP contribution in [0.1, 0.15) is 64.7 Å². The van der Waals surface area contributed by atoms with Gasteiger partial charge in [-0.3, -0.25) is 0 Å². The fourth-order valence-electron chi connectivity index (χ4n) is 6.41. The van der Waals surface area contributed by atoms with Crippen LogP contribution in [-0.2, 0) is 0 Å². The highest BCUT2D eigenvalue weighted by Crippen LogP contribution is 2.68. The molecule has 0 spiro atoms. The quantitative estimate of drug-likeness (QED) is 0.561. The average Bonchev–Trinajstić information content (AvgIpc) is 2.86. The van der Waals surface area contributed by atoms with Gasteiger partial charge in [-0.15, -0.1) is 0 Å². The normalized spacial score (nSPS) is 40.7. The molecular weight excluding hydrogens is 351 g/mol. The van der Waals surface area contributed by atoms with Crippen LogP contribution in [0.25, 0.3) is 0 Å². The molecule has 0 aromatic rings. The topological polar surface area (TPSA) is 20.2 Å². The number of rotatable bonds is 1. The van der Waals surface area contributed by atoms with Crippen molar-refractivity contribution < 1.29 is 27.1 Å². The van der Waals surface area contributed by atoms with Crippen LogP contribution in [-0.4, -0.2) is 22.8 Å². The number of hydrogen-bond acceptors (Lipinski definition) is 1. The Balaban J connectivity index is 1.74. The molecule has 146 valence electrons. The molecule has 26 heavy (non-hydrogen) atoms. The van der Waals surface area contributed by atoms with E-state index in [9.17, 15) is 27.1 Å². The van der Waals surface area contributed by atoms with Crippen molar-refractivity contribution in [3.05, 3.63) is 22.8 Å². The third-order valence-electron chi connectivity index (χ3n) is 7.82. The molecule has 4 aliphatic carbocycles. The number of allylic oxidation sites excluding steroid dienone is 4. The molecule has 4 aliphatic rings. The summed E-state index contributed by atoms with van der Waals surface area (Å²) in [6, 6.07) is 0. The maximum atomic E-state index is 14.3. The second kappa shape index (κ2) is 5.55. The lowest BCUT2D eigenvalue weighted by Gasteiger charge is -2.53. The van der Waals surface area contributed by atoms with Crippen LogP contribution in [0.15, 0.2) is 22.8 Å². The van der Waals surface area contributed by atoms with Crippen molar-refractivity contribution in [2.24, 2.45) is 17.3 Å². The molecule has 2 saturated carbocycles. The van der Waals surface area contributed by atoms with Crippen LogP contribution in [0, 0.1) is 17.3 Å². The highest BCUT2D eigenvalue weighted by molar-refractivity contribution is 5.43. The zero-order chi connectivity index (χ0) is 19.0. The highest BCUT2D eigenvalue weighted by atomic mass is 19.4. The molecule has 4 rings (SSSR count). The van der Waals surface area contributed by atoms with Gasteiger partial charge < -0.3 is 5.11 Å². The zero-order valence-electron chi connectivity index (χ0n) is 14.9. The summed E-state index contributed by atoms with van der Waals surface area (Å²) in [6.45, 7) is 1.47. The molecule has 0 aromatic heterocycles. The first kappa shape index (κ1) is 18.5. The third-order valence-corrected chi connectivity index (χ3v) is 7.82. The SMILES string of the molecule is C[C@]12CCC3=C4CCCC=C4CC[C@H]3[C@@H]1CCC2(O)C(F)(F)C(F)(F)F. The molecule has 0 saturated heterocycles. The molecule has 0 aromatic carbocycles. The second-order valence-electron chi connectivity index (χ2n) is 8.77. The van der Waals surface area contributed by atoms with Gasteiger partial charge >= 0.3 is 12.1 Å². The van der Waals surface area contributed by atoms with Gasteiger partial charge in [-0.25, -0.2) is 0 Å². The first-order valence-corrected chi connectivity index (χ1v) is 9.61. The molecule has 6 heteroatoms. The Morgan fingerprint density at radius 3 is 2.46 bits per heavy atom. The van der Waals surface area contributed by atoms with Gasteiger partial charge in [-0.2, -0.15) is 22.0 Å². The lowest BCUT2D eigenvalue weighted by molar-refractivity contribution is -0.362. The monoisotopic (exact) mass is 376 g/mol. The van der Waals surface area contributed by atoms with Crippen molar-refractivity contribution in [2.45, 2.75) is 82.4 Å². The summed E-state index contributed by atoms with van der Waals surface area (Å²) >= 11 is 0. The van der Waals surface area contributed by atoms with Crippen molar-refractivity contribution in [3.8, 4) is 0 Å². The zero-order valence-corrected chi connectivity index (χ0v) is 14.9. The number of alkyl halides is 5. The summed E-state index contributed by atoms with van der Waals surface area (Å²) in [5.41, 5.74) is -0.435. The lowest BCUT2D eigenvalue weighted by atomic mass is 9.54. The Hall–Kier alpha value is -0.910. The van der Waals surface area contributed by atoms with Crippen LogP contribution in [0.2, 0.25) is 0 Å². The van der Waals surface area contributed by atoms with Gasteiger partial charge in [0.05, 0.1) is 0 Å². The van der Waals surface area contributed by atoms with Crippen LogP contribution >= 0.6 is 0 Å². The minimum atomic E-state index is -5.73. The van der Waals surface area contributed by atoms with Gasteiger partial charge in [0.1, 0.15) is 5.60 Å². The summed E-state index contributed by atoms with van der Waals surface area (Å²) in [4.78, 5) is 0. The number of fused-ring (bicyclic) bond motifs is 4. The van der Waals surface area contributed by atoms with E-state index in [0.717, 1.165) is 32.1 Å². The van der Waals surface area contributed by atoms with E-state index < -0.39 is 29.5 Å². The van der Waals surface area contributed by atoms with E-state index >= 15 is 0 Å². The van der Waals surface area contributed by atoms with E-state index in [1.165, 1.54) is 23.6 Å². The van der Waals surface area contributed by atoms with Crippen LogP contribution in [0.5, 0.6) is 0 Å². The molecule has 0 aliphatic heterocycles. The maximum absolute atomic E-state index is 14.3. The molecular formula is C20H25F5O. The van der Waals surface area contributed by atoms with Crippen molar-refractivity contribution in [1.29, 1.82) is 0 Å². The van der Waals surface area contributed by atoms with E-state index in [0.29, 0.717) is 6.42 Å². The van der Waals surface area contributed by atoms with E-state index in [1.807, 2.05) is 0 Å². The summed E-state index contributed by atoms with van der Waals surface area (Å²) in [6.07, 6.45) is 1.82. The van der Waals surface area contributed by atoms with Gasteiger partial charge in [-0.05, 0) is 80.8 Å². The van der Waals surface area contributed by atoms with Crippen molar-refractivity contribution >= 4 is 0 Å². The van der Waals surface area contributed by atoms with Crippen LogP contribution < -0.4 is 0 Å².